The van der Waals surface area contributed by atoms with Crippen molar-refractivity contribution in [3.63, 3.8) is 0 Å². The number of thioether (sulfide) groups is 1. The molecular weight excluding hydrogens is 360 g/mol. The van der Waals surface area contributed by atoms with E-state index >= 15 is 0 Å². The summed E-state index contributed by atoms with van der Waals surface area (Å²) in [4.78, 5) is 16.4. The Balaban J connectivity index is 1.86. The average Bonchev–Trinajstić information content (AvgIpc) is 2.68. The van der Waals surface area contributed by atoms with E-state index in [4.69, 9.17) is 9.47 Å². The van der Waals surface area contributed by atoms with E-state index in [0.717, 1.165) is 29.9 Å². The van der Waals surface area contributed by atoms with Crippen LogP contribution < -0.4 is 14.8 Å². The number of hydrogen-bond acceptors (Lipinski definition) is 5. The Kier molecular flexibility index (Phi) is 8.98. The molecule has 1 N–H and O–H groups in total. The van der Waals surface area contributed by atoms with Gasteiger partial charge >= 0.3 is 0 Å². The molecule has 1 heterocycles. The number of carbonyl (C=O) groups excluding carboxylic acids is 1. The number of benzene rings is 1. The molecule has 5 nitrogen and oxygen atoms in total. The molecule has 1 unspecified atom stereocenters. The van der Waals surface area contributed by atoms with Gasteiger partial charge < -0.3 is 14.8 Å². The number of nitrogens with one attached hydrogen (secondary N) is 1. The normalized spacial score (nSPS) is 11.7. The second kappa shape index (κ2) is 11.5. The predicted octanol–water partition coefficient (Wildman–Crippen LogP) is 4.81. The average molecular weight is 389 g/mol. The molecule has 1 atom stereocenters. The first-order valence-corrected chi connectivity index (χ1v) is 10.4. The Morgan fingerprint density at radius 3 is 2.63 bits per heavy atom. The number of hydrogen-bond donors (Lipinski definition) is 1. The fourth-order valence-corrected chi connectivity index (χ4v) is 3.36. The van der Waals surface area contributed by atoms with Gasteiger partial charge in [0.05, 0.1) is 11.9 Å². The molecule has 0 saturated heterocycles. The number of amides is 1. The maximum atomic E-state index is 12.2. The first-order valence-electron chi connectivity index (χ1n) is 9.37. The van der Waals surface area contributed by atoms with Crippen molar-refractivity contribution >= 4 is 17.7 Å². The number of aromatic nitrogens is 1. The third-order valence-electron chi connectivity index (χ3n) is 3.86. The van der Waals surface area contributed by atoms with Crippen molar-refractivity contribution < 1.29 is 14.3 Å². The zero-order chi connectivity index (χ0) is 19.5. The first-order chi connectivity index (χ1) is 13.1. The van der Waals surface area contributed by atoms with Crippen LogP contribution >= 0.6 is 11.8 Å². The lowest BCUT2D eigenvalue weighted by Crippen LogP contribution is -2.30. The van der Waals surface area contributed by atoms with Crippen LogP contribution in [-0.4, -0.2) is 28.5 Å². The Morgan fingerprint density at radius 1 is 1.19 bits per heavy atom. The number of unbranched alkanes of at least 4 members (excludes halogenated alkanes) is 1. The van der Waals surface area contributed by atoms with Crippen molar-refractivity contribution in [3.05, 3.63) is 48.2 Å². The highest BCUT2D eigenvalue weighted by molar-refractivity contribution is 8.00. The SMILES string of the molecule is CCCCSC(C)C(=O)NCc1ccnc(Oc2ccc(OCC)cc2)c1. The number of nitrogens with zero attached hydrogens (tertiary/aromatic N) is 1. The van der Waals surface area contributed by atoms with E-state index in [9.17, 15) is 4.79 Å². The Bertz CT molecular complexity index is 707. The number of ether oxygens (including phenoxy) is 2. The van der Waals surface area contributed by atoms with Crippen LogP contribution in [0.25, 0.3) is 0 Å². The van der Waals surface area contributed by atoms with Gasteiger partial charge in [0, 0.05) is 18.8 Å². The largest absolute Gasteiger partial charge is 0.494 e. The van der Waals surface area contributed by atoms with E-state index in [0.29, 0.717) is 24.8 Å². The monoisotopic (exact) mass is 388 g/mol. The summed E-state index contributed by atoms with van der Waals surface area (Å²) in [6.45, 7) is 7.14. The summed E-state index contributed by atoms with van der Waals surface area (Å²) in [5.74, 6) is 3.06. The highest BCUT2D eigenvalue weighted by atomic mass is 32.2. The maximum absolute atomic E-state index is 12.2. The predicted molar refractivity (Wildman–Crippen MR) is 111 cm³/mol. The molecule has 1 aromatic carbocycles. The molecule has 1 aromatic heterocycles. The highest BCUT2D eigenvalue weighted by Crippen LogP contribution is 2.23. The zero-order valence-corrected chi connectivity index (χ0v) is 17.1. The van der Waals surface area contributed by atoms with Gasteiger partial charge in [0.2, 0.25) is 11.8 Å². The number of pyridine rings is 1. The summed E-state index contributed by atoms with van der Waals surface area (Å²) in [6, 6.07) is 11.1. The molecule has 0 fully saturated rings. The summed E-state index contributed by atoms with van der Waals surface area (Å²) >= 11 is 1.69. The standard InChI is InChI=1S/C21H28N2O3S/c1-4-6-13-27-16(3)21(24)23-15-17-11-12-22-20(14-17)26-19-9-7-18(8-10-19)25-5-2/h7-12,14,16H,4-6,13,15H2,1-3H3,(H,23,24). The molecule has 2 aromatic rings. The number of rotatable bonds is 11. The molecule has 0 spiro atoms. The van der Waals surface area contributed by atoms with Crippen LogP contribution in [0, 0.1) is 0 Å². The van der Waals surface area contributed by atoms with Crippen molar-refractivity contribution in [2.45, 2.75) is 45.4 Å². The first kappa shape index (κ1) is 21.1. The van der Waals surface area contributed by atoms with Crippen molar-refractivity contribution in [3.8, 4) is 17.4 Å². The minimum Gasteiger partial charge on any atom is -0.494 e. The van der Waals surface area contributed by atoms with Crippen molar-refractivity contribution in [2.75, 3.05) is 12.4 Å². The van der Waals surface area contributed by atoms with Crippen molar-refractivity contribution in [2.24, 2.45) is 0 Å². The molecule has 27 heavy (non-hydrogen) atoms. The van der Waals surface area contributed by atoms with Gasteiger partial charge in [-0.3, -0.25) is 4.79 Å². The van der Waals surface area contributed by atoms with Gasteiger partial charge in [0.1, 0.15) is 11.5 Å². The Labute approximate surface area is 165 Å². The second-order valence-electron chi connectivity index (χ2n) is 6.09. The van der Waals surface area contributed by atoms with Crippen LogP contribution in [0.2, 0.25) is 0 Å². The summed E-state index contributed by atoms with van der Waals surface area (Å²) in [5.41, 5.74) is 0.949. The van der Waals surface area contributed by atoms with E-state index in [1.807, 2.05) is 50.2 Å². The lowest BCUT2D eigenvalue weighted by atomic mass is 10.2. The molecule has 0 aliphatic rings. The van der Waals surface area contributed by atoms with Gasteiger partial charge in [-0.2, -0.15) is 0 Å². The van der Waals surface area contributed by atoms with E-state index in [2.05, 4.69) is 17.2 Å². The summed E-state index contributed by atoms with van der Waals surface area (Å²) in [5, 5.41) is 2.94. The van der Waals surface area contributed by atoms with Gasteiger partial charge in [-0.25, -0.2) is 4.98 Å². The van der Waals surface area contributed by atoms with Crippen LogP contribution in [0.5, 0.6) is 17.4 Å². The van der Waals surface area contributed by atoms with Crippen LogP contribution in [-0.2, 0) is 11.3 Å². The summed E-state index contributed by atoms with van der Waals surface area (Å²) < 4.78 is 11.2. The third-order valence-corrected chi connectivity index (χ3v) is 5.10. The molecule has 2 rings (SSSR count). The van der Waals surface area contributed by atoms with Gasteiger partial charge in [0.25, 0.3) is 0 Å². The third kappa shape index (κ3) is 7.51. The van der Waals surface area contributed by atoms with Crippen molar-refractivity contribution in [1.82, 2.24) is 10.3 Å². The van der Waals surface area contributed by atoms with Gasteiger partial charge in [-0.15, -0.1) is 11.8 Å². The fraction of sp³-hybridized carbons (Fsp3) is 0.429. The van der Waals surface area contributed by atoms with E-state index in [1.165, 1.54) is 0 Å². The van der Waals surface area contributed by atoms with E-state index in [1.54, 1.807) is 18.0 Å². The molecule has 0 aliphatic carbocycles. The minimum absolute atomic E-state index is 0.0436. The molecule has 146 valence electrons. The van der Waals surface area contributed by atoms with Crippen molar-refractivity contribution in [1.29, 1.82) is 0 Å². The Morgan fingerprint density at radius 2 is 1.93 bits per heavy atom. The molecule has 0 aliphatic heterocycles. The molecule has 6 heteroatoms. The topological polar surface area (TPSA) is 60.5 Å². The maximum Gasteiger partial charge on any atom is 0.233 e. The number of carbonyl (C=O) groups is 1. The van der Waals surface area contributed by atoms with E-state index in [-0.39, 0.29) is 11.2 Å². The zero-order valence-electron chi connectivity index (χ0n) is 16.2. The minimum atomic E-state index is -0.0436. The second-order valence-corrected chi connectivity index (χ2v) is 7.54. The van der Waals surface area contributed by atoms with Gasteiger partial charge in [-0.1, -0.05) is 13.3 Å². The quantitative estimate of drug-likeness (QED) is 0.560. The molecule has 0 saturated carbocycles. The summed E-state index contributed by atoms with van der Waals surface area (Å²) in [6.07, 6.45) is 3.97. The highest BCUT2D eigenvalue weighted by Gasteiger charge is 2.12. The lowest BCUT2D eigenvalue weighted by molar-refractivity contribution is -0.120. The smallest absolute Gasteiger partial charge is 0.233 e. The van der Waals surface area contributed by atoms with Crippen LogP contribution in [0.15, 0.2) is 42.6 Å². The van der Waals surface area contributed by atoms with Crippen LogP contribution in [0.3, 0.4) is 0 Å². The van der Waals surface area contributed by atoms with Crippen LogP contribution in [0.4, 0.5) is 0 Å². The fourth-order valence-electron chi connectivity index (χ4n) is 2.32. The van der Waals surface area contributed by atoms with Gasteiger partial charge in [0.15, 0.2) is 0 Å². The molecule has 1 amide bonds. The lowest BCUT2D eigenvalue weighted by Gasteiger charge is -2.12. The van der Waals surface area contributed by atoms with Crippen LogP contribution in [0.1, 0.15) is 39.2 Å². The summed E-state index contributed by atoms with van der Waals surface area (Å²) in [7, 11) is 0. The molecule has 0 radical (unpaired) electrons. The molecular formula is C21H28N2O3S. The van der Waals surface area contributed by atoms with E-state index < -0.39 is 0 Å². The Hall–Kier alpha value is -2.21. The van der Waals surface area contributed by atoms with Gasteiger partial charge in [-0.05, 0) is 61.9 Å². The molecule has 0 bridgehead atoms.